The zero-order chi connectivity index (χ0) is 18.1. The molecule has 0 saturated heterocycles. The van der Waals surface area contributed by atoms with Crippen LogP contribution in [0, 0.1) is 11.3 Å². The van der Waals surface area contributed by atoms with Gasteiger partial charge < -0.3 is 21.3 Å². The molecule has 0 aliphatic heterocycles. The van der Waals surface area contributed by atoms with Crippen molar-refractivity contribution < 1.29 is 14.6 Å². The van der Waals surface area contributed by atoms with Gasteiger partial charge in [0.15, 0.2) is 0 Å². The highest BCUT2D eigenvalue weighted by Crippen LogP contribution is 2.34. The third-order valence-corrected chi connectivity index (χ3v) is 3.27. The average Bonchev–Trinajstić information content (AvgIpc) is 2.47. The molecule has 2 aromatic rings. The van der Waals surface area contributed by atoms with Crippen molar-refractivity contribution in [2.75, 3.05) is 11.5 Å². The number of benzene rings is 2. The lowest BCUT2D eigenvalue weighted by atomic mass is 9.98. The summed E-state index contributed by atoms with van der Waals surface area (Å²) in [5.74, 6) is -0.855. The molecule has 6 heteroatoms. The van der Waals surface area contributed by atoms with Gasteiger partial charge in [-0.15, -0.1) is 0 Å². The van der Waals surface area contributed by atoms with Crippen molar-refractivity contribution in [3.05, 3.63) is 41.5 Å². The number of anilines is 2. The van der Waals surface area contributed by atoms with E-state index in [-0.39, 0.29) is 17.0 Å². The minimum Gasteiger partial charge on any atom is -0.507 e. The summed E-state index contributed by atoms with van der Waals surface area (Å²) in [6.45, 7) is 5.23. The number of phenolic OH excluding ortho intramolecular Hbond substituents is 1. The van der Waals surface area contributed by atoms with Crippen LogP contribution in [0.1, 0.15) is 36.7 Å². The number of nitrogen functional groups attached to an aromatic ring is 2. The van der Waals surface area contributed by atoms with Gasteiger partial charge in [-0.2, -0.15) is 5.26 Å². The van der Waals surface area contributed by atoms with Crippen molar-refractivity contribution >= 4 is 17.3 Å². The fourth-order valence-electron chi connectivity index (χ4n) is 2.18. The normalized spacial score (nSPS) is 10.9. The summed E-state index contributed by atoms with van der Waals surface area (Å²) in [5.41, 5.74) is 13.1. The van der Waals surface area contributed by atoms with Gasteiger partial charge in [0.2, 0.25) is 0 Å². The minimum atomic E-state index is -0.664. The van der Waals surface area contributed by atoms with Gasteiger partial charge in [-0.25, -0.2) is 4.79 Å². The number of nitrogens with zero attached hydrogens (tertiary/aromatic N) is 1. The highest BCUT2D eigenvalue weighted by molar-refractivity contribution is 5.94. The number of carbonyl (C=O) groups is 1. The predicted octanol–water partition coefficient (Wildman–Crippen LogP) is 3.05. The highest BCUT2D eigenvalue weighted by atomic mass is 16.6. The number of rotatable bonds is 2. The lowest BCUT2D eigenvalue weighted by Gasteiger charge is -2.20. The summed E-state index contributed by atoms with van der Waals surface area (Å²) < 4.78 is 5.24. The number of nitriles is 1. The van der Waals surface area contributed by atoms with Gasteiger partial charge >= 0.3 is 5.97 Å². The standard InChI is InChI=1S/C18H19N3O3/c1-18(2,3)24-17(23)12-5-4-11(8-15(12)22)13-6-10(9-19)7-14(20)16(13)21/h4-8,22H,20-21H2,1-3H3. The van der Waals surface area contributed by atoms with Crippen LogP contribution in [0.4, 0.5) is 11.4 Å². The van der Waals surface area contributed by atoms with E-state index in [0.29, 0.717) is 22.4 Å². The maximum atomic E-state index is 12.1. The molecule has 5 N–H and O–H groups in total. The lowest BCUT2D eigenvalue weighted by molar-refractivity contribution is 0.00669. The Morgan fingerprint density at radius 1 is 1.21 bits per heavy atom. The first-order valence-electron chi connectivity index (χ1n) is 7.28. The van der Waals surface area contributed by atoms with Gasteiger partial charge in [-0.3, -0.25) is 0 Å². The molecule has 0 heterocycles. The molecule has 124 valence electrons. The van der Waals surface area contributed by atoms with E-state index in [9.17, 15) is 9.90 Å². The van der Waals surface area contributed by atoms with Crippen LogP contribution in [0.15, 0.2) is 30.3 Å². The van der Waals surface area contributed by atoms with E-state index >= 15 is 0 Å². The van der Waals surface area contributed by atoms with Gasteiger partial charge in [0.25, 0.3) is 0 Å². The number of aromatic hydroxyl groups is 1. The first-order valence-corrected chi connectivity index (χ1v) is 7.28. The molecule has 0 bridgehead atoms. The lowest BCUT2D eigenvalue weighted by Crippen LogP contribution is -2.23. The van der Waals surface area contributed by atoms with Crippen LogP contribution in [0.5, 0.6) is 5.75 Å². The minimum absolute atomic E-state index is 0.0525. The Hall–Kier alpha value is -3.20. The van der Waals surface area contributed by atoms with Crippen molar-refractivity contribution in [3.8, 4) is 22.9 Å². The summed E-state index contributed by atoms with van der Waals surface area (Å²) in [6.07, 6.45) is 0. The van der Waals surface area contributed by atoms with E-state index in [1.165, 1.54) is 18.2 Å². The molecule has 0 radical (unpaired) electrons. The molecule has 0 unspecified atom stereocenters. The van der Waals surface area contributed by atoms with E-state index in [1.54, 1.807) is 32.9 Å². The molecule has 6 nitrogen and oxygen atoms in total. The fraction of sp³-hybridized carbons (Fsp3) is 0.222. The van der Waals surface area contributed by atoms with Crippen LogP contribution in [0.2, 0.25) is 0 Å². The highest BCUT2D eigenvalue weighted by Gasteiger charge is 2.21. The Bertz CT molecular complexity index is 846. The first-order chi connectivity index (χ1) is 11.1. The number of nitrogens with two attached hydrogens (primary N) is 2. The fourth-order valence-corrected chi connectivity index (χ4v) is 2.18. The molecule has 2 rings (SSSR count). The van der Waals surface area contributed by atoms with Crippen molar-refractivity contribution in [3.63, 3.8) is 0 Å². The number of esters is 1. The Kier molecular flexibility index (Phi) is 4.38. The summed E-state index contributed by atoms with van der Waals surface area (Å²) in [5, 5.41) is 19.2. The molecule has 0 amide bonds. The monoisotopic (exact) mass is 325 g/mol. The Labute approximate surface area is 140 Å². The molecule has 0 atom stereocenters. The van der Waals surface area contributed by atoms with Crippen LogP contribution in [0.3, 0.4) is 0 Å². The summed E-state index contributed by atoms with van der Waals surface area (Å²) in [6, 6.07) is 9.52. The summed E-state index contributed by atoms with van der Waals surface area (Å²) >= 11 is 0. The molecule has 0 aliphatic rings. The van der Waals surface area contributed by atoms with Crippen LogP contribution in [-0.4, -0.2) is 16.7 Å². The smallest absolute Gasteiger partial charge is 0.342 e. The third kappa shape index (κ3) is 3.58. The zero-order valence-electron chi connectivity index (χ0n) is 13.8. The number of carbonyl (C=O) groups excluding carboxylic acids is 1. The Balaban J connectivity index is 2.46. The molecule has 24 heavy (non-hydrogen) atoms. The Morgan fingerprint density at radius 2 is 1.88 bits per heavy atom. The molecular weight excluding hydrogens is 306 g/mol. The molecule has 0 aromatic heterocycles. The average molecular weight is 325 g/mol. The van der Waals surface area contributed by atoms with Gasteiger partial charge in [0.05, 0.1) is 23.0 Å². The molecule has 2 aromatic carbocycles. The maximum absolute atomic E-state index is 12.1. The van der Waals surface area contributed by atoms with Crippen LogP contribution < -0.4 is 11.5 Å². The van der Waals surface area contributed by atoms with Crippen molar-refractivity contribution in [2.45, 2.75) is 26.4 Å². The summed E-state index contributed by atoms with van der Waals surface area (Å²) in [4.78, 5) is 12.1. The van der Waals surface area contributed by atoms with Crippen LogP contribution in [0.25, 0.3) is 11.1 Å². The van der Waals surface area contributed by atoms with E-state index in [1.807, 2.05) is 6.07 Å². The third-order valence-electron chi connectivity index (χ3n) is 3.27. The molecular formula is C18H19N3O3. The second kappa shape index (κ2) is 6.13. The molecule has 0 saturated carbocycles. The maximum Gasteiger partial charge on any atom is 0.342 e. The number of hydrogen-bond donors (Lipinski definition) is 3. The topological polar surface area (TPSA) is 122 Å². The van der Waals surface area contributed by atoms with Gasteiger partial charge in [0, 0.05) is 5.56 Å². The van der Waals surface area contributed by atoms with Crippen molar-refractivity contribution in [2.24, 2.45) is 0 Å². The van der Waals surface area contributed by atoms with Crippen LogP contribution in [-0.2, 0) is 4.74 Å². The number of ether oxygens (including phenoxy) is 1. The summed E-state index contributed by atoms with van der Waals surface area (Å²) in [7, 11) is 0. The van der Waals surface area contributed by atoms with Crippen LogP contribution >= 0.6 is 0 Å². The molecule has 0 spiro atoms. The van der Waals surface area contributed by atoms with E-state index in [4.69, 9.17) is 21.5 Å². The number of hydrogen-bond acceptors (Lipinski definition) is 6. The molecule has 0 fully saturated rings. The first kappa shape index (κ1) is 17.2. The van der Waals surface area contributed by atoms with E-state index in [2.05, 4.69) is 0 Å². The number of phenols is 1. The van der Waals surface area contributed by atoms with Gasteiger partial charge in [0.1, 0.15) is 16.9 Å². The SMILES string of the molecule is CC(C)(C)OC(=O)c1ccc(-c2cc(C#N)cc(N)c2N)cc1O. The van der Waals surface area contributed by atoms with Crippen molar-refractivity contribution in [1.82, 2.24) is 0 Å². The largest absolute Gasteiger partial charge is 0.507 e. The second-order valence-electron chi connectivity index (χ2n) is 6.37. The van der Waals surface area contributed by atoms with Gasteiger partial charge in [-0.05, 0) is 50.6 Å². The van der Waals surface area contributed by atoms with E-state index in [0.717, 1.165) is 0 Å². The zero-order valence-corrected chi connectivity index (χ0v) is 13.8. The van der Waals surface area contributed by atoms with E-state index < -0.39 is 11.6 Å². The van der Waals surface area contributed by atoms with Gasteiger partial charge in [-0.1, -0.05) is 6.07 Å². The second-order valence-corrected chi connectivity index (χ2v) is 6.37. The quantitative estimate of drug-likeness (QED) is 0.576. The van der Waals surface area contributed by atoms with Crippen molar-refractivity contribution in [1.29, 1.82) is 5.26 Å². The molecule has 0 aliphatic carbocycles. The predicted molar refractivity (Wildman–Crippen MR) is 92.3 cm³/mol. The Morgan fingerprint density at radius 3 is 2.42 bits per heavy atom.